The summed E-state index contributed by atoms with van der Waals surface area (Å²) in [7, 11) is 0. The predicted molar refractivity (Wildman–Crippen MR) is 120 cm³/mol. The van der Waals surface area contributed by atoms with Gasteiger partial charge >= 0.3 is 0 Å². The van der Waals surface area contributed by atoms with E-state index in [1.165, 1.54) is 6.20 Å². The summed E-state index contributed by atoms with van der Waals surface area (Å²) < 4.78 is 7.46. The molecule has 1 unspecified atom stereocenters. The van der Waals surface area contributed by atoms with Crippen LogP contribution in [-0.2, 0) is 11.3 Å². The predicted octanol–water partition coefficient (Wildman–Crippen LogP) is 3.09. The van der Waals surface area contributed by atoms with Crippen LogP contribution in [0.15, 0.2) is 79.1 Å². The van der Waals surface area contributed by atoms with E-state index in [1.54, 1.807) is 4.52 Å². The van der Waals surface area contributed by atoms with Crippen molar-refractivity contribution in [2.24, 2.45) is 5.73 Å². The van der Waals surface area contributed by atoms with Gasteiger partial charge in [0, 0.05) is 11.8 Å². The monoisotopic (exact) mass is 416 g/mol. The SMILES string of the molecule is NC(=O)c1cnn2cc(-c3ccccc3)cc2c1NC(CO)COCc1ccccc1. The molecule has 4 aromatic rings. The Balaban J connectivity index is 1.60. The van der Waals surface area contributed by atoms with Crippen molar-refractivity contribution in [3.63, 3.8) is 0 Å². The number of carbonyl (C=O) groups is 1. The van der Waals surface area contributed by atoms with Crippen molar-refractivity contribution in [1.29, 1.82) is 0 Å². The van der Waals surface area contributed by atoms with Crippen molar-refractivity contribution in [2.45, 2.75) is 12.6 Å². The van der Waals surface area contributed by atoms with Crippen molar-refractivity contribution < 1.29 is 14.6 Å². The second kappa shape index (κ2) is 9.42. The molecule has 2 aromatic carbocycles. The molecule has 4 rings (SSSR count). The van der Waals surface area contributed by atoms with Crippen LogP contribution < -0.4 is 11.1 Å². The number of anilines is 1. The van der Waals surface area contributed by atoms with Crippen molar-refractivity contribution in [3.8, 4) is 11.1 Å². The molecule has 0 bridgehead atoms. The number of hydrogen-bond donors (Lipinski definition) is 3. The van der Waals surface area contributed by atoms with Crippen LogP contribution in [0.3, 0.4) is 0 Å². The lowest BCUT2D eigenvalue weighted by molar-refractivity contribution is 0.0948. The smallest absolute Gasteiger partial charge is 0.252 e. The zero-order valence-electron chi connectivity index (χ0n) is 16.9. The lowest BCUT2D eigenvalue weighted by Gasteiger charge is -2.20. The molecule has 158 valence electrons. The van der Waals surface area contributed by atoms with Gasteiger partial charge in [-0.25, -0.2) is 4.52 Å². The van der Waals surface area contributed by atoms with Crippen molar-refractivity contribution >= 4 is 17.1 Å². The number of benzene rings is 2. The Morgan fingerprint density at radius 2 is 1.81 bits per heavy atom. The van der Waals surface area contributed by atoms with Crippen LogP contribution in [0.4, 0.5) is 5.69 Å². The fourth-order valence-corrected chi connectivity index (χ4v) is 3.42. The first-order valence-corrected chi connectivity index (χ1v) is 10.0. The van der Waals surface area contributed by atoms with Crippen LogP contribution in [0, 0.1) is 0 Å². The lowest BCUT2D eigenvalue weighted by atomic mass is 10.1. The third-order valence-corrected chi connectivity index (χ3v) is 5.01. The number of primary amides is 1. The minimum atomic E-state index is -0.596. The highest BCUT2D eigenvalue weighted by atomic mass is 16.5. The lowest BCUT2D eigenvalue weighted by Crippen LogP contribution is -2.31. The average Bonchev–Trinajstić information content (AvgIpc) is 3.24. The highest BCUT2D eigenvalue weighted by Crippen LogP contribution is 2.28. The normalized spacial score (nSPS) is 12.0. The molecule has 0 saturated carbocycles. The zero-order chi connectivity index (χ0) is 21.6. The Labute approximate surface area is 180 Å². The Morgan fingerprint density at radius 3 is 2.48 bits per heavy atom. The van der Waals surface area contributed by atoms with Gasteiger partial charge in [-0.05, 0) is 17.2 Å². The number of aliphatic hydroxyl groups is 1. The Morgan fingerprint density at radius 1 is 1.10 bits per heavy atom. The minimum Gasteiger partial charge on any atom is -0.394 e. The Bertz CT molecular complexity index is 1160. The largest absolute Gasteiger partial charge is 0.394 e. The number of amides is 1. The van der Waals surface area contributed by atoms with Crippen molar-refractivity contribution in [1.82, 2.24) is 9.61 Å². The number of nitrogens with one attached hydrogen (secondary N) is 1. The van der Waals surface area contributed by atoms with Gasteiger partial charge in [0.2, 0.25) is 0 Å². The summed E-state index contributed by atoms with van der Waals surface area (Å²) >= 11 is 0. The van der Waals surface area contributed by atoms with Gasteiger partial charge in [-0.3, -0.25) is 4.79 Å². The molecule has 0 fully saturated rings. The molecular weight excluding hydrogens is 392 g/mol. The van der Waals surface area contributed by atoms with Gasteiger partial charge in [0.05, 0.1) is 48.8 Å². The average molecular weight is 416 g/mol. The number of fused-ring (bicyclic) bond motifs is 1. The van der Waals surface area contributed by atoms with E-state index >= 15 is 0 Å². The molecule has 2 heterocycles. The summed E-state index contributed by atoms with van der Waals surface area (Å²) in [5.74, 6) is -0.596. The summed E-state index contributed by atoms with van der Waals surface area (Å²) in [4.78, 5) is 12.1. The van der Waals surface area contributed by atoms with Gasteiger partial charge in [0.15, 0.2) is 0 Å². The maximum atomic E-state index is 12.1. The van der Waals surface area contributed by atoms with Crippen molar-refractivity contribution in [3.05, 3.63) is 90.3 Å². The van der Waals surface area contributed by atoms with E-state index in [-0.39, 0.29) is 18.8 Å². The van der Waals surface area contributed by atoms with E-state index in [9.17, 15) is 9.90 Å². The first-order valence-electron chi connectivity index (χ1n) is 10.0. The fourth-order valence-electron chi connectivity index (χ4n) is 3.42. The molecule has 4 N–H and O–H groups in total. The van der Waals surface area contributed by atoms with E-state index in [0.29, 0.717) is 17.8 Å². The molecule has 1 atom stereocenters. The number of aromatic nitrogens is 2. The van der Waals surface area contributed by atoms with E-state index in [4.69, 9.17) is 10.5 Å². The Kier molecular flexibility index (Phi) is 6.26. The summed E-state index contributed by atoms with van der Waals surface area (Å²) in [6, 6.07) is 21.2. The number of nitrogens with two attached hydrogens (primary N) is 1. The van der Waals surface area contributed by atoms with Gasteiger partial charge < -0.3 is 20.9 Å². The van der Waals surface area contributed by atoms with Crippen molar-refractivity contribution in [2.75, 3.05) is 18.5 Å². The highest BCUT2D eigenvalue weighted by molar-refractivity contribution is 6.02. The minimum absolute atomic E-state index is 0.173. The number of ether oxygens (including phenoxy) is 1. The van der Waals surface area contributed by atoms with Gasteiger partial charge in [-0.1, -0.05) is 60.7 Å². The summed E-state index contributed by atoms with van der Waals surface area (Å²) in [5.41, 5.74) is 10.1. The molecule has 7 heteroatoms. The van der Waals surface area contributed by atoms with Gasteiger partial charge in [-0.15, -0.1) is 0 Å². The van der Waals surface area contributed by atoms with E-state index < -0.39 is 11.9 Å². The van der Waals surface area contributed by atoms with Crippen LogP contribution in [0.1, 0.15) is 15.9 Å². The molecule has 0 saturated heterocycles. The molecule has 2 aromatic heterocycles. The van der Waals surface area contributed by atoms with Crippen LogP contribution in [0.5, 0.6) is 0 Å². The van der Waals surface area contributed by atoms with Gasteiger partial charge in [0.1, 0.15) is 0 Å². The summed E-state index contributed by atoms with van der Waals surface area (Å²) in [6.45, 7) is 0.509. The van der Waals surface area contributed by atoms with Crippen LogP contribution in [0.2, 0.25) is 0 Å². The van der Waals surface area contributed by atoms with Crippen LogP contribution in [0.25, 0.3) is 16.6 Å². The first kappa shape index (κ1) is 20.6. The summed E-state index contributed by atoms with van der Waals surface area (Å²) in [5, 5.41) is 17.5. The number of hydrogen-bond acceptors (Lipinski definition) is 5. The second-order valence-corrected chi connectivity index (χ2v) is 7.25. The van der Waals surface area contributed by atoms with Gasteiger partial charge in [-0.2, -0.15) is 5.10 Å². The van der Waals surface area contributed by atoms with E-state index in [2.05, 4.69) is 10.4 Å². The van der Waals surface area contributed by atoms with Crippen LogP contribution >= 0.6 is 0 Å². The zero-order valence-corrected chi connectivity index (χ0v) is 16.9. The molecule has 1 amide bonds. The highest BCUT2D eigenvalue weighted by Gasteiger charge is 2.18. The molecule has 31 heavy (non-hydrogen) atoms. The molecule has 0 radical (unpaired) electrons. The van der Waals surface area contributed by atoms with Crippen LogP contribution in [-0.4, -0.2) is 39.9 Å². The number of aliphatic hydroxyl groups excluding tert-OH is 1. The molecule has 0 aliphatic carbocycles. The molecular formula is C24H24N4O3. The fraction of sp³-hybridized carbons (Fsp3) is 0.167. The molecule has 0 spiro atoms. The number of nitrogens with zero attached hydrogens (tertiary/aromatic N) is 2. The molecule has 0 aliphatic rings. The third-order valence-electron chi connectivity index (χ3n) is 5.01. The third kappa shape index (κ3) is 4.74. The Hall–Kier alpha value is -3.68. The van der Waals surface area contributed by atoms with Gasteiger partial charge in [0.25, 0.3) is 5.91 Å². The maximum Gasteiger partial charge on any atom is 0.252 e. The molecule has 7 nitrogen and oxygen atoms in total. The van der Waals surface area contributed by atoms with E-state index in [0.717, 1.165) is 16.7 Å². The standard InChI is InChI=1S/C24H24N4O3/c25-24(30)21-12-26-28-13-19(18-9-5-2-6-10-18)11-22(28)23(21)27-20(14-29)16-31-15-17-7-3-1-4-8-17/h1-13,20,27,29H,14-16H2,(H2,25,30). The topological polar surface area (TPSA) is 102 Å². The van der Waals surface area contributed by atoms with E-state index in [1.807, 2.05) is 72.9 Å². The quantitative estimate of drug-likeness (QED) is 0.389. The maximum absolute atomic E-state index is 12.1. The molecule has 0 aliphatic heterocycles. The number of carbonyl (C=O) groups excluding carboxylic acids is 1. The second-order valence-electron chi connectivity index (χ2n) is 7.25. The first-order chi connectivity index (χ1) is 15.2. The number of rotatable bonds is 9. The summed E-state index contributed by atoms with van der Waals surface area (Å²) in [6.07, 6.45) is 3.33.